The van der Waals surface area contributed by atoms with E-state index in [4.69, 9.17) is 4.74 Å². The maximum atomic E-state index is 12.8. The molecular formula is C16H21N3O6S. The van der Waals surface area contributed by atoms with Crippen molar-refractivity contribution in [2.75, 3.05) is 32.8 Å². The molecule has 9 nitrogen and oxygen atoms in total. The molecule has 142 valence electrons. The summed E-state index contributed by atoms with van der Waals surface area (Å²) in [5, 5.41) is 11.1. The molecule has 0 aromatic heterocycles. The Balaban J connectivity index is 1.71. The SMILES string of the molecule is Cc1ccc(S(=O)(=O)N2CCN(C(=O)C3CCCO3)CC2)cc1[N+](=O)[O-]. The van der Waals surface area contributed by atoms with Gasteiger partial charge >= 0.3 is 0 Å². The molecule has 0 N–H and O–H groups in total. The van der Waals surface area contributed by atoms with Gasteiger partial charge in [-0.1, -0.05) is 6.07 Å². The van der Waals surface area contributed by atoms with Crippen molar-refractivity contribution in [3.8, 4) is 0 Å². The monoisotopic (exact) mass is 383 g/mol. The molecule has 1 unspecified atom stereocenters. The first-order valence-electron chi connectivity index (χ1n) is 8.46. The van der Waals surface area contributed by atoms with E-state index in [1.807, 2.05) is 0 Å². The van der Waals surface area contributed by atoms with Crippen LogP contribution in [-0.4, -0.2) is 67.3 Å². The third-order valence-electron chi connectivity index (χ3n) is 4.77. The van der Waals surface area contributed by atoms with Crippen LogP contribution in [0.25, 0.3) is 0 Å². The summed E-state index contributed by atoms with van der Waals surface area (Å²) in [5.41, 5.74) is 0.180. The first-order valence-corrected chi connectivity index (χ1v) is 9.90. The minimum Gasteiger partial charge on any atom is -0.368 e. The molecule has 0 bridgehead atoms. The van der Waals surface area contributed by atoms with E-state index < -0.39 is 21.1 Å². The minimum atomic E-state index is -3.84. The zero-order valence-corrected chi connectivity index (χ0v) is 15.3. The number of hydrogen-bond donors (Lipinski definition) is 0. The largest absolute Gasteiger partial charge is 0.368 e. The molecule has 3 rings (SSSR count). The molecule has 0 saturated carbocycles. The molecule has 1 aromatic rings. The zero-order chi connectivity index (χ0) is 18.9. The first-order chi connectivity index (χ1) is 12.3. The number of nitro groups is 1. The predicted octanol–water partition coefficient (Wildman–Crippen LogP) is 0.915. The second kappa shape index (κ2) is 7.29. The Morgan fingerprint density at radius 2 is 1.96 bits per heavy atom. The number of hydrogen-bond acceptors (Lipinski definition) is 6. The van der Waals surface area contributed by atoms with Crippen molar-refractivity contribution >= 4 is 21.6 Å². The Hall–Kier alpha value is -2.04. The predicted molar refractivity (Wildman–Crippen MR) is 92.1 cm³/mol. The van der Waals surface area contributed by atoms with Crippen LogP contribution in [0.5, 0.6) is 0 Å². The maximum Gasteiger partial charge on any atom is 0.273 e. The molecule has 0 radical (unpaired) electrons. The smallest absolute Gasteiger partial charge is 0.273 e. The van der Waals surface area contributed by atoms with Crippen molar-refractivity contribution in [3.63, 3.8) is 0 Å². The minimum absolute atomic E-state index is 0.0921. The molecule has 2 aliphatic rings. The Morgan fingerprint density at radius 1 is 1.27 bits per heavy atom. The zero-order valence-electron chi connectivity index (χ0n) is 14.5. The number of carbonyl (C=O) groups is 1. The topological polar surface area (TPSA) is 110 Å². The van der Waals surface area contributed by atoms with E-state index in [2.05, 4.69) is 0 Å². The normalized spacial score (nSPS) is 21.7. The standard InChI is InChI=1S/C16H21N3O6S/c1-12-4-5-13(11-14(12)19(21)22)26(23,24)18-8-6-17(7-9-18)16(20)15-3-2-10-25-15/h4-5,11,15H,2-3,6-10H2,1H3. The molecular weight excluding hydrogens is 362 g/mol. The van der Waals surface area contributed by atoms with Crippen LogP contribution >= 0.6 is 0 Å². The van der Waals surface area contributed by atoms with Crippen LogP contribution in [0.1, 0.15) is 18.4 Å². The number of amides is 1. The van der Waals surface area contributed by atoms with Gasteiger partial charge in [0.1, 0.15) is 6.10 Å². The molecule has 0 aliphatic carbocycles. The van der Waals surface area contributed by atoms with Crippen molar-refractivity contribution in [1.82, 2.24) is 9.21 Å². The maximum absolute atomic E-state index is 12.8. The van der Waals surface area contributed by atoms with Crippen molar-refractivity contribution < 1.29 is 22.9 Å². The van der Waals surface area contributed by atoms with Gasteiger partial charge in [-0.25, -0.2) is 8.42 Å². The first kappa shape index (κ1) is 18.7. The third kappa shape index (κ3) is 3.57. The number of carbonyl (C=O) groups excluding carboxylic acids is 1. The van der Waals surface area contributed by atoms with Crippen LogP contribution in [0.2, 0.25) is 0 Å². The molecule has 2 saturated heterocycles. The molecule has 1 atom stereocenters. The van der Waals surface area contributed by atoms with E-state index in [0.29, 0.717) is 18.6 Å². The third-order valence-corrected chi connectivity index (χ3v) is 6.67. The van der Waals surface area contributed by atoms with Gasteiger partial charge in [-0.3, -0.25) is 14.9 Å². The summed E-state index contributed by atoms with van der Waals surface area (Å²) in [4.78, 5) is 24.3. The second-order valence-electron chi connectivity index (χ2n) is 6.44. The molecule has 2 fully saturated rings. The highest BCUT2D eigenvalue weighted by Gasteiger charge is 2.34. The molecule has 1 aromatic carbocycles. The van der Waals surface area contributed by atoms with E-state index in [9.17, 15) is 23.3 Å². The van der Waals surface area contributed by atoms with Gasteiger partial charge in [0, 0.05) is 44.4 Å². The summed E-state index contributed by atoms with van der Waals surface area (Å²) >= 11 is 0. The number of rotatable bonds is 4. The summed E-state index contributed by atoms with van der Waals surface area (Å²) in [7, 11) is -3.84. The highest BCUT2D eigenvalue weighted by Crippen LogP contribution is 2.25. The van der Waals surface area contributed by atoms with Crippen molar-refractivity contribution in [2.45, 2.75) is 30.8 Å². The summed E-state index contributed by atoms with van der Waals surface area (Å²) in [5.74, 6) is -0.0921. The van der Waals surface area contributed by atoms with Crippen molar-refractivity contribution in [2.24, 2.45) is 0 Å². The lowest BCUT2D eigenvalue weighted by molar-refractivity contribution is -0.385. The van der Waals surface area contributed by atoms with Crippen molar-refractivity contribution in [1.29, 1.82) is 0 Å². The van der Waals surface area contributed by atoms with Gasteiger partial charge in [-0.2, -0.15) is 4.31 Å². The Labute approximate surface area is 151 Å². The fourth-order valence-electron chi connectivity index (χ4n) is 3.22. The second-order valence-corrected chi connectivity index (χ2v) is 8.37. The van der Waals surface area contributed by atoms with Gasteiger partial charge in [0.05, 0.1) is 9.82 Å². The van der Waals surface area contributed by atoms with Crippen LogP contribution in [0.3, 0.4) is 0 Å². The lowest BCUT2D eigenvalue weighted by Gasteiger charge is -2.35. The molecule has 26 heavy (non-hydrogen) atoms. The average Bonchev–Trinajstić information content (AvgIpc) is 3.16. The highest BCUT2D eigenvalue weighted by atomic mass is 32.2. The highest BCUT2D eigenvalue weighted by molar-refractivity contribution is 7.89. The molecule has 1 amide bonds. The van der Waals surface area contributed by atoms with Crippen LogP contribution in [0.4, 0.5) is 5.69 Å². The summed E-state index contributed by atoms with van der Waals surface area (Å²) in [6.07, 6.45) is 1.14. The number of nitrogens with zero attached hydrogens (tertiary/aromatic N) is 3. The van der Waals surface area contributed by atoms with Crippen molar-refractivity contribution in [3.05, 3.63) is 33.9 Å². The Morgan fingerprint density at radius 3 is 2.54 bits per heavy atom. The number of nitro benzene ring substituents is 1. The number of piperazine rings is 1. The van der Waals surface area contributed by atoms with Gasteiger partial charge in [0.2, 0.25) is 10.0 Å². The number of sulfonamides is 1. The number of benzene rings is 1. The number of aryl methyl sites for hydroxylation is 1. The lowest BCUT2D eigenvalue weighted by Crippen LogP contribution is -2.52. The van der Waals surface area contributed by atoms with Crippen LogP contribution in [0, 0.1) is 17.0 Å². The van der Waals surface area contributed by atoms with E-state index in [1.54, 1.807) is 11.8 Å². The fraction of sp³-hybridized carbons (Fsp3) is 0.562. The fourth-order valence-corrected chi connectivity index (χ4v) is 4.66. The summed E-state index contributed by atoms with van der Waals surface area (Å²) < 4.78 is 32.2. The van der Waals surface area contributed by atoms with Crippen LogP contribution < -0.4 is 0 Å². The van der Waals surface area contributed by atoms with E-state index in [-0.39, 0.29) is 42.7 Å². The average molecular weight is 383 g/mol. The molecule has 10 heteroatoms. The van der Waals surface area contributed by atoms with Gasteiger partial charge in [0.15, 0.2) is 0 Å². The lowest BCUT2D eigenvalue weighted by atomic mass is 10.2. The van der Waals surface area contributed by atoms with E-state index >= 15 is 0 Å². The van der Waals surface area contributed by atoms with Crippen LogP contribution in [-0.2, 0) is 19.6 Å². The van der Waals surface area contributed by atoms with Gasteiger partial charge in [-0.05, 0) is 25.8 Å². The summed E-state index contributed by atoms with van der Waals surface area (Å²) in [6.45, 7) is 3.02. The Bertz CT molecular complexity index is 811. The van der Waals surface area contributed by atoms with E-state index in [0.717, 1.165) is 12.5 Å². The molecule has 2 heterocycles. The summed E-state index contributed by atoms with van der Waals surface area (Å²) in [6, 6.07) is 3.90. The van der Waals surface area contributed by atoms with Crippen LogP contribution in [0.15, 0.2) is 23.1 Å². The molecule has 0 spiro atoms. The molecule has 2 aliphatic heterocycles. The van der Waals surface area contributed by atoms with E-state index in [1.165, 1.54) is 16.4 Å². The number of ether oxygens (including phenoxy) is 1. The van der Waals surface area contributed by atoms with Gasteiger partial charge in [-0.15, -0.1) is 0 Å². The quantitative estimate of drug-likeness (QED) is 0.565. The van der Waals surface area contributed by atoms with Gasteiger partial charge < -0.3 is 9.64 Å². The van der Waals surface area contributed by atoms with Gasteiger partial charge in [0.25, 0.3) is 11.6 Å². The Kier molecular flexibility index (Phi) is 5.26.